The second-order valence-corrected chi connectivity index (χ2v) is 6.21. The van der Waals surface area contributed by atoms with Crippen molar-refractivity contribution >= 4 is 11.6 Å². The van der Waals surface area contributed by atoms with Gasteiger partial charge in [0.1, 0.15) is 11.5 Å². The number of carbonyl (C=O) groups excluding carboxylic acids is 1. The van der Waals surface area contributed by atoms with E-state index in [1.54, 1.807) is 30.6 Å². The molecule has 0 unspecified atom stereocenters. The minimum absolute atomic E-state index is 0.114. The quantitative estimate of drug-likeness (QED) is 0.795. The maximum absolute atomic E-state index is 13.1. The molecule has 1 amide bonds. The Balaban J connectivity index is 1.42. The lowest BCUT2D eigenvalue weighted by Gasteiger charge is -2.19. The largest absolute Gasteiger partial charge is 0.373 e. The molecule has 4 rings (SSSR count). The van der Waals surface area contributed by atoms with Gasteiger partial charge in [-0.2, -0.15) is 0 Å². The molecule has 2 aromatic heterocycles. The molecule has 0 spiro atoms. The van der Waals surface area contributed by atoms with Crippen LogP contribution in [-0.4, -0.2) is 28.4 Å². The van der Waals surface area contributed by atoms with Crippen LogP contribution in [0, 0.1) is 11.7 Å². The van der Waals surface area contributed by atoms with Crippen LogP contribution < -0.4 is 5.32 Å². The predicted molar refractivity (Wildman–Crippen MR) is 90.7 cm³/mol. The van der Waals surface area contributed by atoms with Crippen molar-refractivity contribution in [2.45, 2.75) is 12.5 Å². The van der Waals surface area contributed by atoms with E-state index in [0.29, 0.717) is 18.7 Å². The van der Waals surface area contributed by atoms with Gasteiger partial charge in [0.2, 0.25) is 0 Å². The van der Waals surface area contributed by atoms with Crippen LogP contribution in [0.4, 0.5) is 4.39 Å². The van der Waals surface area contributed by atoms with Crippen LogP contribution in [0.3, 0.4) is 0 Å². The lowest BCUT2D eigenvalue weighted by Crippen LogP contribution is -2.30. The van der Waals surface area contributed by atoms with E-state index in [2.05, 4.69) is 10.3 Å². The highest BCUT2D eigenvalue weighted by atomic mass is 19.1. The number of hydrogen-bond acceptors (Lipinski definition) is 3. The Morgan fingerprint density at radius 2 is 2.12 bits per heavy atom. The van der Waals surface area contributed by atoms with Crippen LogP contribution in [0.15, 0.2) is 55.0 Å². The van der Waals surface area contributed by atoms with Gasteiger partial charge in [-0.1, -0.05) is 12.1 Å². The topological polar surface area (TPSA) is 55.6 Å². The fraction of sp³-hybridized carbons (Fsp3) is 0.263. The molecule has 1 fully saturated rings. The van der Waals surface area contributed by atoms with Gasteiger partial charge in [-0.25, -0.2) is 9.37 Å². The Kier molecular flexibility index (Phi) is 4.19. The predicted octanol–water partition coefficient (Wildman–Crippen LogP) is 2.98. The molecule has 3 heterocycles. The third kappa shape index (κ3) is 3.25. The number of imidazole rings is 1. The minimum Gasteiger partial charge on any atom is -0.373 e. The first-order chi connectivity index (χ1) is 12.2. The highest BCUT2D eigenvalue weighted by Crippen LogP contribution is 2.34. The summed E-state index contributed by atoms with van der Waals surface area (Å²) in [7, 11) is 0. The molecule has 1 saturated heterocycles. The molecule has 1 N–H and O–H groups in total. The number of nitrogens with zero attached hydrogens (tertiary/aromatic N) is 2. The molecular weight excluding hydrogens is 321 g/mol. The van der Waals surface area contributed by atoms with Gasteiger partial charge in [0.05, 0.1) is 11.7 Å². The van der Waals surface area contributed by atoms with E-state index >= 15 is 0 Å². The van der Waals surface area contributed by atoms with Crippen LogP contribution >= 0.6 is 0 Å². The van der Waals surface area contributed by atoms with E-state index in [4.69, 9.17) is 4.74 Å². The average Bonchev–Trinajstić information content (AvgIpc) is 3.28. The van der Waals surface area contributed by atoms with E-state index in [1.807, 2.05) is 16.7 Å². The molecule has 25 heavy (non-hydrogen) atoms. The van der Waals surface area contributed by atoms with Gasteiger partial charge in [0.25, 0.3) is 5.91 Å². The summed E-state index contributed by atoms with van der Waals surface area (Å²) in [5.74, 6) is -0.215. The van der Waals surface area contributed by atoms with Crippen molar-refractivity contribution in [2.75, 3.05) is 13.2 Å². The fourth-order valence-corrected chi connectivity index (χ4v) is 3.24. The van der Waals surface area contributed by atoms with Crippen molar-refractivity contribution in [1.82, 2.24) is 14.7 Å². The number of benzene rings is 1. The van der Waals surface area contributed by atoms with E-state index in [-0.39, 0.29) is 23.7 Å². The molecule has 2 atom stereocenters. The van der Waals surface area contributed by atoms with E-state index in [1.165, 1.54) is 12.1 Å². The third-order valence-corrected chi connectivity index (χ3v) is 4.59. The smallest absolute Gasteiger partial charge is 0.252 e. The fourth-order valence-electron chi connectivity index (χ4n) is 3.24. The molecule has 3 aromatic rings. The number of pyridine rings is 1. The maximum atomic E-state index is 13.1. The molecule has 1 aliphatic heterocycles. The first-order valence-corrected chi connectivity index (χ1v) is 8.29. The summed E-state index contributed by atoms with van der Waals surface area (Å²) in [4.78, 5) is 16.6. The molecule has 0 bridgehead atoms. The number of amides is 1. The SMILES string of the molecule is O=C(NC[C@@H]1CCO[C@H]1c1ccc(F)cc1)c1ccc2nccn2c1. The summed E-state index contributed by atoms with van der Waals surface area (Å²) in [6.45, 7) is 1.16. The number of ether oxygens (including phenoxy) is 1. The minimum atomic E-state index is -0.263. The van der Waals surface area contributed by atoms with Gasteiger partial charge >= 0.3 is 0 Å². The molecule has 5 nitrogen and oxygen atoms in total. The van der Waals surface area contributed by atoms with Gasteiger partial charge in [0, 0.05) is 37.7 Å². The third-order valence-electron chi connectivity index (χ3n) is 4.59. The lowest BCUT2D eigenvalue weighted by atomic mass is 9.95. The van der Waals surface area contributed by atoms with Gasteiger partial charge in [-0.05, 0) is 36.2 Å². The van der Waals surface area contributed by atoms with Crippen molar-refractivity contribution in [3.05, 3.63) is 71.9 Å². The van der Waals surface area contributed by atoms with E-state index in [9.17, 15) is 9.18 Å². The number of aromatic nitrogens is 2. The first-order valence-electron chi connectivity index (χ1n) is 8.29. The van der Waals surface area contributed by atoms with Gasteiger partial charge in [-0.3, -0.25) is 4.79 Å². The van der Waals surface area contributed by atoms with Crippen LogP contribution in [-0.2, 0) is 4.74 Å². The van der Waals surface area contributed by atoms with Gasteiger partial charge in [-0.15, -0.1) is 0 Å². The van der Waals surface area contributed by atoms with Crippen molar-refractivity contribution in [3.63, 3.8) is 0 Å². The number of fused-ring (bicyclic) bond motifs is 1. The summed E-state index contributed by atoms with van der Waals surface area (Å²) in [6, 6.07) is 9.94. The second kappa shape index (κ2) is 6.64. The Labute approximate surface area is 144 Å². The number of nitrogens with one attached hydrogen (secondary N) is 1. The van der Waals surface area contributed by atoms with Crippen molar-refractivity contribution in [2.24, 2.45) is 5.92 Å². The van der Waals surface area contributed by atoms with E-state index in [0.717, 1.165) is 17.6 Å². The van der Waals surface area contributed by atoms with E-state index < -0.39 is 0 Å². The summed E-state index contributed by atoms with van der Waals surface area (Å²) in [6.07, 6.45) is 6.02. The molecule has 0 radical (unpaired) electrons. The Morgan fingerprint density at radius 3 is 2.96 bits per heavy atom. The van der Waals surface area contributed by atoms with Gasteiger partial charge < -0.3 is 14.5 Å². The average molecular weight is 339 g/mol. The lowest BCUT2D eigenvalue weighted by molar-refractivity contribution is 0.0846. The second-order valence-electron chi connectivity index (χ2n) is 6.21. The van der Waals surface area contributed by atoms with Crippen LogP contribution in [0.1, 0.15) is 28.4 Å². The molecule has 128 valence electrons. The van der Waals surface area contributed by atoms with Gasteiger partial charge in [0.15, 0.2) is 0 Å². The molecule has 0 saturated carbocycles. The Hall–Kier alpha value is -2.73. The van der Waals surface area contributed by atoms with Crippen molar-refractivity contribution < 1.29 is 13.9 Å². The molecular formula is C19H18FN3O2. The number of carbonyl (C=O) groups is 1. The molecule has 1 aliphatic rings. The summed E-state index contributed by atoms with van der Waals surface area (Å²) >= 11 is 0. The summed E-state index contributed by atoms with van der Waals surface area (Å²) in [5.41, 5.74) is 2.33. The number of hydrogen-bond donors (Lipinski definition) is 1. The molecule has 6 heteroatoms. The Bertz CT molecular complexity index is 891. The molecule has 0 aliphatic carbocycles. The van der Waals surface area contributed by atoms with Crippen LogP contribution in [0.2, 0.25) is 0 Å². The van der Waals surface area contributed by atoms with Crippen molar-refractivity contribution in [3.8, 4) is 0 Å². The van der Waals surface area contributed by atoms with Crippen LogP contribution in [0.25, 0.3) is 5.65 Å². The zero-order valence-corrected chi connectivity index (χ0v) is 13.6. The summed E-state index contributed by atoms with van der Waals surface area (Å²) < 4.78 is 20.7. The van der Waals surface area contributed by atoms with Crippen molar-refractivity contribution in [1.29, 1.82) is 0 Å². The highest BCUT2D eigenvalue weighted by Gasteiger charge is 2.30. The standard InChI is InChI=1S/C19H18FN3O2/c20-16-4-1-13(2-5-16)18-14(7-10-25-18)11-22-19(24)15-3-6-17-21-8-9-23(17)12-15/h1-6,8-9,12,14,18H,7,10-11H2,(H,22,24)/t14-,18-/m0/s1. The first kappa shape index (κ1) is 15.8. The number of rotatable bonds is 4. The summed E-state index contributed by atoms with van der Waals surface area (Å²) in [5, 5.41) is 2.98. The highest BCUT2D eigenvalue weighted by molar-refractivity contribution is 5.94. The normalized spacial score (nSPS) is 20.0. The number of halogens is 1. The zero-order valence-electron chi connectivity index (χ0n) is 13.6. The Morgan fingerprint density at radius 1 is 1.28 bits per heavy atom. The molecule has 1 aromatic carbocycles. The monoisotopic (exact) mass is 339 g/mol. The van der Waals surface area contributed by atoms with Crippen LogP contribution in [0.5, 0.6) is 0 Å². The zero-order chi connectivity index (χ0) is 17.2. The maximum Gasteiger partial charge on any atom is 0.252 e.